The van der Waals surface area contributed by atoms with Crippen LogP contribution in [-0.2, 0) is 11.3 Å². The van der Waals surface area contributed by atoms with Crippen LogP contribution in [0.2, 0.25) is 10.0 Å². The Bertz CT molecular complexity index is 1120. The molecule has 2 aromatic carbocycles. The van der Waals surface area contributed by atoms with Gasteiger partial charge in [0, 0.05) is 38.0 Å². The molecule has 2 heterocycles. The average molecular weight is 503 g/mol. The number of thiazole rings is 1. The van der Waals surface area contributed by atoms with E-state index in [1.54, 1.807) is 28.5 Å². The van der Waals surface area contributed by atoms with E-state index < -0.39 is 0 Å². The van der Waals surface area contributed by atoms with E-state index in [1.165, 1.54) is 11.3 Å². The zero-order valence-corrected chi connectivity index (χ0v) is 20.3. The minimum Gasteiger partial charge on any atom is -0.343 e. The number of carbonyl (C=O) groups is 2. The molecule has 1 aromatic heterocycles. The van der Waals surface area contributed by atoms with Crippen molar-refractivity contribution in [3.8, 4) is 0 Å². The van der Waals surface area contributed by atoms with Crippen molar-refractivity contribution in [2.24, 2.45) is 0 Å². The number of amides is 2. The average Bonchev–Trinajstić information content (AvgIpc) is 3.52. The molecule has 0 radical (unpaired) electrons. The lowest BCUT2D eigenvalue weighted by Gasteiger charge is -2.23. The topological polar surface area (TPSA) is 65.5 Å². The lowest BCUT2D eigenvalue weighted by molar-refractivity contribution is -0.130. The molecule has 1 aliphatic heterocycles. The van der Waals surface area contributed by atoms with E-state index in [9.17, 15) is 9.59 Å². The van der Waals surface area contributed by atoms with E-state index >= 15 is 0 Å². The summed E-state index contributed by atoms with van der Waals surface area (Å²) in [5, 5.41) is 6.21. The van der Waals surface area contributed by atoms with E-state index in [0.29, 0.717) is 46.1 Å². The fourth-order valence-electron chi connectivity index (χ4n) is 3.72. The predicted molar refractivity (Wildman–Crippen MR) is 133 cm³/mol. The monoisotopic (exact) mass is 502 g/mol. The molecule has 3 aromatic rings. The number of likely N-dealkylation sites (tertiary alicyclic amines) is 1. The number of nitrogens with zero attached hydrogens (tertiary/aromatic N) is 3. The van der Waals surface area contributed by atoms with Gasteiger partial charge in [0.2, 0.25) is 5.91 Å². The summed E-state index contributed by atoms with van der Waals surface area (Å²) in [7, 11) is 0. The molecule has 0 unspecified atom stereocenters. The van der Waals surface area contributed by atoms with Gasteiger partial charge in [0.15, 0.2) is 5.13 Å². The van der Waals surface area contributed by atoms with Crippen molar-refractivity contribution in [3.63, 3.8) is 0 Å². The third-order valence-corrected chi connectivity index (χ3v) is 7.05. The van der Waals surface area contributed by atoms with Gasteiger partial charge in [-0.2, -0.15) is 0 Å². The second-order valence-corrected chi connectivity index (χ2v) is 9.46. The number of benzene rings is 2. The first-order chi connectivity index (χ1) is 16.0. The van der Waals surface area contributed by atoms with Crippen LogP contribution in [0.5, 0.6) is 0 Å². The van der Waals surface area contributed by atoms with E-state index in [-0.39, 0.29) is 11.8 Å². The van der Waals surface area contributed by atoms with Crippen LogP contribution in [0.1, 0.15) is 35.3 Å². The summed E-state index contributed by atoms with van der Waals surface area (Å²) in [5.74, 6) is -0.121. The molecule has 1 fully saturated rings. The Hall–Kier alpha value is -2.61. The first-order valence-electron chi connectivity index (χ1n) is 10.8. The van der Waals surface area contributed by atoms with Gasteiger partial charge in [0.1, 0.15) is 5.69 Å². The predicted octanol–water partition coefficient (Wildman–Crippen LogP) is 5.85. The van der Waals surface area contributed by atoms with E-state index in [0.717, 1.165) is 31.5 Å². The summed E-state index contributed by atoms with van der Waals surface area (Å²) in [6, 6.07) is 15.0. The Kier molecular flexibility index (Phi) is 7.85. The normalized spacial score (nSPS) is 13.2. The largest absolute Gasteiger partial charge is 0.343 e. The summed E-state index contributed by atoms with van der Waals surface area (Å²) >= 11 is 13.6. The highest BCUT2D eigenvalue weighted by Gasteiger charge is 2.23. The molecule has 0 atom stereocenters. The highest BCUT2D eigenvalue weighted by Crippen LogP contribution is 2.32. The van der Waals surface area contributed by atoms with Gasteiger partial charge in [-0.05, 0) is 30.5 Å². The maximum absolute atomic E-state index is 13.3. The number of hydrogen-bond donors (Lipinski definition) is 1. The molecule has 2 amide bonds. The third-order valence-electron chi connectivity index (χ3n) is 5.47. The smallest absolute Gasteiger partial charge is 0.273 e. The summed E-state index contributed by atoms with van der Waals surface area (Å²) in [5.41, 5.74) is 1.94. The molecule has 0 spiro atoms. The molecule has 0 bridgehead atoms. The SMILES string of the molecule is O=C(CCN(Cc1ccccc1)C(=O)c1csc(Nc2cccc(Cl)c2Cl)n1)N1CCCC1. The summed E-state index contributed by atoms with van der Waals surface area (Å²) < 4.78 is 0. The van der Waals surface area contributed by atoms with E-state index in [1.807, 2.05) is 35.2 Å². The standard InChI is InChI=1S/C24H24Cl2N4O2S/c25-18-9-6-10-19(22(18)26)27-24-28-20(16-33-24)23(32)30(15-17-7-2-1-3-8-17)14-11-21(31)29-12-4-5-13-29/h1-3,6-10,16H,4-5,11-15H2,(H,27,28). The van der Waals surface area contributed by atoms with Crippen molar-refractivity contribution in [1.29, 1.82) is 0 Å². The Labute approximate surface area is 207 Å². The first-order valence-corrected chi connectivity index (χ1v) is 12.4. The van der Waals surface area contributed by atoms with E-state index in [2.05, 4.69) is 10.3 Å². The van der Waals surface area contributed by atoms with Crippen molar-refractivity contribution in [2.45, 2.75) is 25.8 Å². The maximum Gasteiger partial charge on any atom is 0.273 e. The van der Waals surface area contributed by atoms with Crippen LogP contribution < -0.4 is 5.32 Å². The molecule has 1 N–H and O–H groups in total. The van der Waals surface area contributed by atoms with Crippen LogP contribution in [0.3, 0.4) is 0 Å². The lowest BCUT2D eigenvalue weighted by atomic mass is 10.2. The van der Waals surface area contributed by atoms with Gasteiger partial charge in [0.05, 0.1) is 15.7 Å². The molecular weight excluding hydrogens is 479 g/mol. The fourth-order valence-corrected chi connectivity index (χ4v) is 4.76. The Morgan fingerprint density at radius 2 is 1.82 bits per heavy atom. The minimum atomic E-state index is -0.213. The van der Waals surface area contributed by atoms with Crippen LogP contribution >= 0.6 is 34.5 Å². The number of aromatic nitrogens is 1. The Morgan fingerprint density at radius 3 is 2.58 bits per heavy atom. The highest BCUT2D eigenvalue weighted by molar-refractivity contribution is 7.14. The highest BCUT2D eigenvalue weighted by atomic mass is 35.5. The maximum atomic E-state index is 13.3. The van der Waals surface area contributed by atoms with Gasteiger partial charge in [0.25, 0.3) is 5.91 Å². The number of rotatable bonds is 8. The molecule has 1 aliphatic rings. The molecule has 6 nitrogen and oxygen atoms in total. The van der Waals surface area contributed by atoms with Crippen LogP contribution in [-0.4, -0.2) is 46.2 Å². The fraction of sp³-hybridized carbons (Fsp3) is 0.292. The lowest BCUT2D eigenvalue weighted by Crippen LogP contribution is -2.36. The number of carbonyl (C=O) groups excluding carboxylic acids is 2. The molecule has 33 heavy (non-hydrogen) atoms. The molecule has 1 saturated heterocycles. The Morgan fingerprint density at radius 1 is 1.06 bits per heavy atom. The first kappa shape index (κ1) is 23.5. The summed E-state index contributed by atoms with van der Waals surface area (Å²) in [6.07, 6.45) is 2.39. The van der Waals surface area contributed by atoms with Gasteiger partial charge in [-0.25, -0.2) is 4.98 Å². The zero-order valence-electron chi connectivity index (χ0n) is 18.0. The van der Waals surface area contributed by atoms with E-state index in [4.69, 9.17) is 23.2 Å². The minimum absolute atomic E-state index is 0.0922. The second kappa shape index (κ2) is 11.0. The molecule has 0 aliphatic carbocycles. The van der Waals surface area contributed by atoms with Crippen molar-refractivity contribution in [3.05, 3.63) is 75.2 Å². The molecule has 0 saturated carbocycles. The van der Waals surface area contributed by atoms with Crippen LogP contribution in [0.25, 0.3) is 0 Å². The number of hydrogen-bond acceptors (Lipinski definition) is 5. The van der Waals surface area contributed by atoms with Gasteiger partial charge in [-0.3, -0.25) is 9.59 Å². The summed E-state index contributed by atoms with van der Waals surface area (Å²) in [6.45, 7) is 2.36. The number of nitrogens with one attached hydrogen (secondary N) is 1. The Balaban J connectivity index is 1.48. The van der Waals surface area contributed by atoms with Crippen molar-refractivity contribution < 1.29 is 9.59 Å². The van der Waals surface area contributed by atoms with Crippen LogP contribution in [0, 0.1) is 0 Å². The van der Waals surface area contributed by atoms with Crippen LogP contribution in [0.4, 0.5) is 10.8 Å². The quantitative estimate of drug-likeness (QED) is 0.419. The van der Waals surface area contributed by atoms with Crippen molar-refractivity contribution >= 4 is 57.2 Å². The second-order valence-electron chi connectivity index (χ2n) is 7.81. The molecule has 9 heteroatoms. The molecule has 172 valence electrons. The van der Waals surface area contributed by atoms with Gasteiger partial charge in [-0.15, -0.1) is 11.3 Å². The number of halogens is 2. The van der Waals surface area contributed by atoms with Gasteiger partial charge < -0.3 is 15.1 Å². The van der Waals surface area contributed by atoms with Crippen LogP contribution in [0.15, 0.2) is 53.9 Å². The van der Waals surface area contributed by atoms with Gasteiger partial charge in [-0.1, -0.05) is 59.6 Å². The van der Waals surface area contributed by atoms with Crippen molar-refractivity contribution in [2.75, 3.05) is 25.0 Å². The molecule has 4 rings (SSSR count). The summed E-state index contributed by atoms with van der Waals surface area (Å²) in [4.78, 5) is 33.9. The van der Waals surface area contributed by atoms with Gasteiger partial charge >= 0.3 is 0 Å². The molecular formula is C24H24Cl2N4O2S. The third kappa shape index (κ3) is 6.05. The zero-order chi connectivity index (χ0) is 23.2. The van der Waals surface area contributed by atoms with Crippen molar-refractivity contribution in [1.82, 2.24) is 14.8 Å². The number of anilines is 2.